The van der Waals surface area contributed by atoms with Gasteiger partial charge >= 0.3 is 0 Å². The molecule has 2 rings (SSSR count). The predicted octanol–water partition coefficient (Wildman–Crippen LogP) is 1.22. The molecule has 0 unspecified atom stereocenters. The van der Waals surface area contributed by atoms with Crippen LogP contribution in [0.4, 0.5) is 0 Å². The van der Waals surface area contributed by atoms with Gasteiger partial charge < -0.3 is 10.1 Å². The first-order valence-electron chi connectivity index (χ1n) is 4.27. The molecule has 13 heavy (non-hydrogen) atoms. The third kappa shape index (κ3) is 1.96. The Hall–Kier alpha value is -0.710. The molecule has 1 fully saturated rings. The van der Waals surface area contributed by atoms with E-state index in [0.717, 1.165) is 35.7 Å². The molecule has 1 aromatic heterocycles. The molecule has 1 aromatic rings. The summed E-state index contributed by atoms with van der Waals surface area (Å²) in [6.07, 6.45) is 1.01. The highest BCUT2D eigenvalue weighted by molar-refractivity contribution is 7.13. The van der Waals surface area contributed by atoms with E-state index in [1.165, 1.54) is 11.3 Å². The van der Waals surface area contributed by atoms with Gasteiger partial charge in [-0.15, -0.1) is 11.3 Å². The van der Waals surface area contributed by atoms with E-state index in [1.54, 1.807) is 0 Å². The molecule has 2 heterocycles. The fourth-order valence-corrected chi connectivity index (χ4v) is 2.23. The summed E-state index contributed by atoms with van der Waals surface area (Å²) in [5, 5.41) is 3.25. The summed E-state index contributed by atoms with van der Waals surface area (Å²) < 4.78 is 5.55. The number of aldehydes is 1. The van der Waals surface area contributed by atoms with Gasteiger partial charge in [0.2, 0.25) is 0 Å². The van der Waals surface area contributed by atoms with Crippen LogP contribution in [-0.4, -0.2) is 26.0 Å². The summed E-state index contributed by atoms with van der Waals surface area (Å²) >= 11 is 1.51. The molecule has 0 aromatic carbocycles. The van der Waals surface area contributed by atoms with Crippen LogP contribution >= 0.6 is 11.3 Å². The molecule has 0 radical (unpaired) electrons. The summed E-state index contributed by atoms with van der Waals surface area (Å²) in [6, 6.07) is 3.80. The lowest BCUT2D eigenvalue weighted by Gasteiger charge is -2.22. The first kappa shape index (κ1) is 8.87. The molecular weight excluding hydrogens is 186 g/mol. The first-order chi connectivity index (χ1) is 6.40. The molecule has 70 valence electrons. The van der Waals surface area contributed by atoms with Gasteiger partial charge in [-0.2, -0.15) is 0 Å². The summed E-state index contributed by atoms with van der Waals surface area (Å²) in [5.74, 6) is 0. The van der Waals surface area contributed by atoms with Gasteiger partial charge in [-0.25, -0.2) is 0 Å². The molecular formula is C9H11NO2S. The fourth-order valence-electron chi connectivity index (χ4n) is 1.35. The molecule has 4 heteroatoms. The Labute approximate surface area is 80.7 Å². The van der Waals surface area contributed by atoms with Crippen molar-refractivity contribution in [1.82, 2.24) is 5.32 Å². The van der Waals surface area contributed by atoms with Crippen LogP contribution in [0, 0.1) is 0 Å². The van der Waals surface area contributed by atoms with Gasteiger partial charge in [-0.1, -0.05) is 0 Å². The molecule has 0 saturated carbocycles. The van der Waals surface area contributed by atoms with Crippen molar-refractivity contribution < 1.29 is 9.53 Å². The minimum atomic E-state index is 0.132. The van der Waals surface area contributed by atoms with Crippen LogP contribution in [0.1, 0.15) is 20.7 Å². The molecule has 1 aliphatic heterocycles. The Morgan fingerprint density at radius 3 is 3.15 bits per heavy atom. The molecule has 1 saturated heterocycles. The number of hydrogen-bond acceptors (Lipinski definition) is 4. The highest BCUT2D eigenvalue weighted by Gasteiger charge is 2.17. The van der Waals surface area contributed by atoms with Gasteiger partial charge in [0.15, 0.2) is 6.29 Å². The molecule has 1 atom stereocenters. The minimum Gasteiger partial charge on any atom is -0.370 e. The van der Waals surface area contributed by atoms with Crippen LogP contribution in [0.2, 0.25) is 0 Å². The van der Waals surface area contributed by atoms with E-state index >= 15 is 0 Å². The lowest BCUT2D eigenvalue weighted by atomic mass is 10.2. The quantitative estimate of drug-likeness (QED) is 0.724. The van der Waals surface area contributed by atoms with Crippen LogP contribution in [-0.2, 0) is 4.74 Å². The van der Waals surface area contributed by atoms with Gasteiger partial charge in [0.25, 0.3) is 0 Å². The number of thiophene rings is 1. The van der Waals surface area contributed by atoms with Crippen LogP contribution in [0.15, 0.2) is 12.1 Å². The van der Waals surface area contributed by atoms with Gasteiger partial charge in [0.05, 0.1) is 11.5 Å². The highest BCUT2D eigenvalue weighted by atomic mass is 32.1. The second-order valence-corrected chi connectivity index (χ2v) is 4.07. The van der Waals surface area contributed by atoms with E-state index in [9.17, 15) is 4.79 Å². The number of carbonyl (C=O) groups is 1. The van der Waals surface area contributed by atoms with Gasteiger partial charge in [-0.3, -0.25) is 4.79 Å². The van der Waals surface area contributed by atoms with Crippen LogP contribution < -0.4 is 5.32 Å². The summed E-state index contributed by atoms with van der Waals surface area (Å²) in [7, 11) is 0. The van der Waals surface area contributed by atoms with Crippen molar-refractivity contribution in [3.63, 3.8) is 0 Å². The fraction of sp³-hybridized carbons (Fsp3) is 0.444. The number of nitrogens with one attached hydrogen (secondary N) is 1. The van der Waals surface area contributed by atoms with Crippen LogP contribution in [0.3, 0.4) is 0 Å². The van der Waals surface area contributed by atoms with Crippen molar-refractivity contribution in [3.8, 4) is 0 Å². The molecule has 0 spiro atoms. The number of hydrogen-bond donors (Lipinski definition) is 1. The Bertz CT molecular complexity index is 292. The normalized spacial score (nSPS) is 22.9. The Balaban J connectivity index is 2.09. The van der Waals surface area contributed by atoms with Crippen molar-refractivity contribution in [1.29, 1.82) is 0 Å². The van der Waals surface area contributed by atoms with E-state index in [0.29, 0.717) is 0 Å². The Morgan fingerprint density at radius 2 is 2.54 bits per heavy atom. The van der Waals surface area contributed by atoms with E-state index < -0.39 is 0 Å². The van der Waals surface area contributed by atoms with Gasteiger partial charge in [0, 0.05) is 18.0 Å². The molecule has 3 nitrogen and oxygen atoms in total. The number of morpholine rings is 1. The average Bonchev–Trinajstić information content (AvgIpc) is 2.67. The maximum atomic E-state index is 10.5. The zero-order chi connectivity index (χ0) is 9.10. The summed E-state index contributed by atoms with van der Waals surface area (Å²) in [5.41, 5.74) is 0. The third-order valence-corrected chi connectivity index (χ3v) is 3.11. The molecule has 0 bridgehead atoms. The SMILES string of the molecule is O=Cc1ccc([C@H]2CNCCO2)s1. The second kappa shape index (κ2) is 4.00. The Kier molecular flexibility index (Phi) is 2.73. The summed E-state index contributed by atoms with van der Waals surface area (Å²) in [4.78, 5) is 12.4. The van der Waals surface area contributed by atoms with Crippen molar-refractivity contribution in [3.05, 3.63) is 21.9 Å². The number of rotatable bonds is 2. The van der Waals surface area contributed by atoms with E-state index in [1.807, 2.05) is 12.1 Å². The zero-order valence-corrected chi connectivity index (χ0v) is 7.97. The van der Waals surface area contributed by atoms with Crippen molar-refractivity contribution in [2.75, 3.05) is 19.7 Å². The number of ether oxygens (including phenoxy) is 1. The molecule has 0 amide bonds. The van der Waals surface area contributed by atoms with Crippen LogP contribution in [0.5, 0.6) is 0 Å². The average molecular weight is 197 g/mol. The smallest absolute Gasteiger partial charge is 0.160 e. The van der Waals surface area contributed by atoms with Crippen molar-refractivity contribution in [2.24, 2.45) is 0 Å². The summed E-state index contributed by atoms with van der Waals surface area (Å²) in [6.45, 7) is 2.51. The Morgan fingerprint density at radius 1 is 1.62 bits per heavy atom. The second-order valence-electron chi connectivity index (χ2n) is 2.92. The largest absolute Gasteiger partial charge is 0.370 e. The maximum absolute atomic E-state index is 10.5. The maximum Gasteiger partial charge on any atom is 0.160 e. The van der Waals surface area contributed by atoms with Crippen LogP contribution in [0.25, 0.3) is 0 Å². The predicted molar refractivity (Wildman–Crippen MR) is 51.3 cm³/mol. The standard InChI is InChI=1S/C9H11NO2S/c11-6-7-1-2-9(13-7)8-5-10-3-4-12-8/h1-2,6,8,10H,3-5H2/t8-/m1/s1. The minimum absolute atomic E-state index is 0.132. The highest BCUT2D eigenvalue weighted by Crippen LogP contribution is 2.25. The van der Waals surface area contributed by atoms with E-state index in [2.05, 4.69) is 5.32 Å². The number of carbonyl (C=O) groups excluding carboxylic acids is 1. The lowest BCUT2D eigenvalue weighted by molar-refractivity contribution is 0.0299. The van der Waals surface area contributed by atoms with Crippen molar-refractivity contribution >= 4 is 17.6 Å². The monoisotopic (exact) mass is 197 g/mol. The molecule has 0 aliphatic carbocycles. The zero-order valence-electron chi connectivity index (χ0n) is 7.16. The van der Waals surface area contributed by atoms with Crippen molar-refractivity contribution in [2.45, 2.75) is 6.10 Å². The van der Waals surface area contributed by atoms with Gasteiger partial charge in [-0.05, 0) is 12.1 Å². The topological polar surface area (TPSA) is 38.3 Å². The molecule has 1 aliphatic rings. The van der Waals surface area contributed by atoms with E-state index in [4.69, 9.17) is 4.74 Å². The van der Waals surface area contributed by atoms with E-state index in [-0.39, 0.29) is 6.10 Å². The molecule has 1 N–H and O–H groups in total. The van der Waals surface area contributed by atoms with Gasteiger partial charge in [0.1, 0.15) is 6.10 Å². The third-order valence-electron chi connectivity index (χ3n) is 2.01. The first-order valence-corrected chi connectivity index (χ1v) is 5.09. The lowest BCUT2D eigenvalue weighted by Crippen LogP contribution is -2.32.